The van der Waals surface area contributed by atoms with E-state index in [0.29, 0.717) is 17.0 Å². The highest BCUT2D eigenvalue weighted by atomic mass is 19.1. The molecular weight excluding hydrogens is 317 g/mol. The average Bonchev–Trinajstić information content (AvgIpc) is 2.66. The minimum Gasteiger partial charge on any atom is -0.385 e. The molecule has 0 saturated carbocycles. The van der Waals surface area contributed by atoms with E-state index in [1.807, 2.05) is 23.1 Å². The molecule has 0 aromatic heterocycles. The van der Waals surface area contributed by atoms with Crippen molar-refractivity contribution in [3.8, 4) is 11.1 Å². The molecular formula is C21H24FNO2. The molecule has 1 aliphatic rings. The summed E-state index contributed by atoms with van der Waals surface area (Å²) in [6.07, 6.45) is 3.14. The van der Waals surface area contributed by atoms with Crippen molar-refractivity contribution in [3.05, 3.63) is 59.9 Å². The zero-order valence-corrected chi connectivity index (χ0v) is 14.6. The predicted molar refractivity (Wildman–Crippen MR) is 97.0 cm³/mol. The number of methoxy groups -OCH3 is 1. The van der Waals surface area contributed by atoms with Crippen molar-refractivity contribution in [2.75, 3.05) is 26.8 Å². The van der Waals surface area contributed by atoms with Crippen LogP contribution in [0.3, 0.4) is 0 Å². The van der Waals surface area contributed by atoms with E-state index >= 15 is 0 Å². The molecule has 1 aliphatic heterocycles. The van der Waals surface area contributed by atoms with Crippen LogP contribution in [0.4, 0.5) is 4.39 Å². The summed E-state index contributed by atoms with van der Waals surface area (Å²) in [6.45, 7) is 2.29. The van der Waals surface area contributed by atoms with Crippen LogP contribution in [-0.4, -0.2) is 37.6 Å². The van der Waals surface area contributed by atoms with Crippen LogP contribution in [0.25, 0.3) is 11.1 Å². The van der Waals surface area contributed by atoms with E-state index in [0.717, 1.165) is 44.5 Å². The van der Waals surface area contributed by atoms with E-state index in [9.17, 15) is 9.18 Å². The number of benzene rings is 2. The SMILES string of the molecule is COCCC1CCCN(C(=O)c2cccc(-c3ccccc3F)c2)C1. The molecule has 0 bridgehead atoms. The van der Waals surface area contributed by atoms with Gasteiger partial charge in [-0.05, 0) is 48.9 Å². The Kier molecular flexibility index (Phi) is 5.82. The maximum atomic E-state index is 14.0. The standard InChI is InChI=1S/C21H24FNO2/c1-25-13-11-16-6-5-12-23(15-16)21(24)18-8-4-7-17(14-18)19-9-2-3-10-20(19)22/h2-4,7-10,14,16H,5-6,11-13,15H2,1H3. The van der Waals surface area contributed by atoms with Crippen LogP contribution < -0.4 is 0 Å². The van der Waals surface area contributed by atoms with Gasteiger partial charge in [0, 0.05) is 37.9 Å². The number of carbonyl (C=O) groups is 1. The zero-order chi connectivity index (χ0) is 17.6. The number of hydrogen-bond donors (Lipinski definition) is 0. The predicted octanol–water partition coefficient (Wildman–Crippen LogP) is 4.38. The van der Waals surface area contributed by atoms with Crippen molar-refractivity contribution in [2.45, 2.75) is 19.3 Å². The van der Waals surface area contributed by atoms with Gasteiger partial charge in [-0.1, -0.05) is 30.3 Å². The molecule has 1 heterocycles. The lowest BCUT2D eigenvalue weighted by molar-refractivity contribution is 0.0642. The van der Waals surface area contributed by atoms with Crippen LogP contribution in [0.15, 0.2) is 48.5 Å². The van der Waals surface area contributed by atoms with Crippen LogP contribution in [-0.2, 0) is 4.74 Å². The average molecular weight is 341 g/mol. The lowest BCUT2D eigenvalue weighted by Crippen LogP contribution is -2.40. The number of ether oxygens (including phenoxy) is 1. The van der Waals surface area contributed by atoms with Crippen molar-refractivity contribution < 1.29 is 13.9 Å². The van der Waals surface area contributed by atoms with E-state index in [1.165, 1.54) is 6.07 Å². The summed E-state index contributed by atoms with van der Waals surface area (Å²) in [5.74, 6) is 0.248. The fourth-order valence-electron chi connectivity index (χ4n) is 3.47. The number of piperidine rings is 1. The monoisotopic (exact) mass is 341 g/mol. The molecule has 0 radical (unpaired) electrons. The van der Waals surface area contributed by atoms with Crippen LogP contribution in [0, 0.1) is 11.7 Å². The second-order valence-electron chi connectivity index (χ2n) is 6.60. The topological polar surface area (TPSA) is 29.5 Å². The number of amides is 1. The highest BCUT2D eigenvalue weighted by Crippen LogP contribution is 2.25. The first-order valence-corrected chi connectivity index (χ1v) is 8.82. The summed E-state index contributed by atoms with van der Waals surface area (Å²) in [4.78, 5) is 14.8. The third-order valence-electron chi connectivity index (χ3n) is 4.83. The normalized spacial score (nSPS) is 17.5. The molecule has 0 spiro atoms. The summed E-state index contributed by atoms with van der Waals surface area (Å²) in [7, 11) is 1.71. The lowest BCUT2D eigenvalue weighted by atomic mass is 9.94. The van der Waals surface area contributed by atoms with Crippen molar-refractivity contribution in [3.63, 3.8) is 0 Å². The molecule has 1 amide bonds. The first kappa shape index (κ1) is 17.6. The summed E-state index contributed by atoms with van der Waals surface area (Å²) in [5.41, 5.74) is 1.87. The third kappa shape index (κ3) is 4.26. The van der Waals surface area contributed by atoms with Gasteiger partial charge in [-0.25, -0.2) is 4.39 Å². The molecule has 3 rings (SSSR count). The van der Waals surface area contributed by atoms with E-state index in [2.05, 4.69) is 0 Å². The number of rotatable bonds is 5. The Balaban J connectivity index is 1.76. The van der Waals surface area contributed by atoms with Crippen LogP contribution in [0.5, 0.6) is 0 Å². The second kappa shape index (κ2) is 8.26. The number of halogens is 1. The molecule has 2 aromatic carbocycles. The Morgan fingerprint density at radius 3 is 2.88 bits per heavy atom. The highest BCUT2D eigenvalue weighted by molar-refractivity contribution is 5.95. The summed E-state index contributed by atoms with van der Waals surface area (Å²) in [5, 5.41) is 0. The smallest absolute Gasteiger partial charge is 0.253 e. The molecule has 0 aliphatic carbocycles. The zero-order valence-electron chi connectivity index (χ0n) is 14.6. The molecule has 25 heavy (non-hydrogen) atoms. The van der Waals surface area contributed by atoms with Crippen molar-refractivity contribution in [1.29, 1.82) is 0 Å². The minimum absolute atomic E-state index is 0.0281. The summed E-state index contributed by atoms with van der Waals surface area (Å²) < 4.78 is 19.2. The Morgan fingerprint density at radius 2 is 2.08 bits per heavy atom. The van der Waals surface area contributed by atoms with Gasteiger partial charge >= 0.3 is 0 Å². The minimum atomic E-state index is -0.273. The van der Waals surface area contributed by atoms with Gasteiger partial charge in [0.25, 0.3) is 5.91 Å². The fraction of sp³-hybridized carbons (Fsp3) is 0.381. The Morgan fingerprint density at radius 1 is 1.24 bits per heavy atom. The first-order valence-electron chi connectivity index (χ1n) is 8.82. The Labute approximate surface area is 148 Å². The van der Waals surface area contributed by atoms with E-state index in [-0.39, 0.29) is 11.7 Å². The van der Waals surface area contributed by atoms with Gasteiger partial charge in [0.2, 0.25) is 0 Å². The molecule has 3 nitrogen and oxygen atoms in total. The van der Waals surface area contributed by atoms with Gasteiger partial charge < -0.3 is 9.64 Å². The summed E-state index contributed by atoms with van der Waals surface area (Å²) in [6, 6.07) is 13.9. The number of likely N-dealkylation sites (tertiary alicyclic amines) is 1. The summed E-state index contributed by atoms with van der Waals surface area (Å²) >= 11 is 0. The van der Waals surface area contributed by atoms with Gasteiger partial charge in [-0.2, -0.15) is 0 Å². The molecule has 1 saturated heterocycles. The van der Waals surface area contributed by atoms with E-state index < -0.39 is 0 Å². The maximum Gasteiger partial charge on any atom is 0.253 e. The van der Waals surface area contributed by atoms with Crippen molar-refractivity contribution >= 4 is 5.91 Å². The maximum absolute atomic E-state index is 14.0. The molecule has 1 fully saturated rings. The largest absolute Gasteiger partial charge is 0.385 e. The highest BCUT2D eigenvalue weighted by Gasteiger charge is 2.24. The van der Waals surface area contributed by atoms with Crippen LogP contribution in [0.1, 0.15) is 29.6 Å². The molecule has 132 valence electrons. The molecule has 0 N–H and O–H groups in total. The quantitative estimate of drug-likeness (QED) is 0.808. The molecule has 4 heteroatoms. The molecule has 1 atom stereocenters. The van der Waals surface area contributed by atoms with E-state index in [4.69, 9.17) is 4.74 Å². The van der Waals surface area contributed by atoms with Gasteiger partial charge in [-0.15, -0.1) is 0 Å². The lowest BCUT2D eigenvalue weighted by Gasteiger charge is -2.33. The van der Waals surface area contributed by atoms with Crippen LogP contribution in [0.2, 0.25) is 0 Å². The number of carbonyl (C=O) groups excluding carboxylic acids is 1. The Hall–Kier alpha value is -2.20. The van der Waals surface area contributed by atoms with Gasteiger partial charge in [-0.3, -0.25) is 4.79 Å². The first-order chi connectivity index (χ1) is 12.2. The number of hydrogen-bond acceptors (Lipinski definition) is 2. The third-order valence-corrected chi connectivity index (χ3v) is 4.83. The number of nitrogens with zero attached hydrogens (tertiary/aromatic N) is 1. The van der Waals surface area contributed by atoms with E-state index in [1.54, 1.807) is 31.4 Å². The van der Waals surface area contributed by atoms with Gasteiger partial charge in [0.15, 0.2) is 0 Å². The second-order valence-corrected chi connectivity index (χ2v) is 6.60. The van der Waals surface area contributed by atoms with Crippen molar-refractivity contribution in [1.82, 2.24) is 4.90 Å². The Bertz CT molecular complexity index is 731. The van der Waals surface area contributed by atoms with Gasteiger partial charge in [0.05, 0.1) is 0 Å². The molecule has 2 aromatic rings. The van der Waals surface area contributed by atoms with Gasteiger partial charge in [0.1, 0.15) is 5.82 Å². The molecule has 1 unspecified atom stereocenters. The van der Waals surface area contributed by atoms with Crippen LogP contribution >= 0.6 is 0 Å². The van der Waals surface area contributed by atoms with Crippen molar-refractivity contribution in [2.24, 2.45) is 5.92 Å². The fourth-order valence-corrected chi connectivity index (χ4v) is 3.47.